The van der Waals surface area contributed by atoms with Crippen molar-refractivity contribution in [1.82, 2.24) is 19.9 Å². The molecular weight excluding hydrogens is 944 g/mol. The first-order chi connectivity index (χ1) is 25.9. The average Bonchev–Trinajstić information content (AvgIpc) is 3.19. The zero-order valence-corrected chi connectivity index (χ0v) is 36.7. The van der Waals surface area contributed by atoms with Gasteiger partial charge >= 0.3 is 16.8 Å². The standard InChI is InChI=1S/2C10H8N2.2C10H9NO3S.Co.10H2O/c2*1-5-11-6-2-9(1)10-3-7-12-8-4-10;2*11-9-6-5-7-3-1-2-4-8(7)10(9)15(12,13)14;;;;;;;;;;;/h2*1-8H;2*1-6H,11H2,(H,12,13,14);;10*1H2/q;;;;+2;;;;;;;;;;/p+2. The minimum absolute atomic E-state index is 0. The van der Waals surface area contributed by atoms with Crippen LogP contribution >= 0.6 is 0 Å². The number of anilines is 2. The maximum Gasteiger partial charge on any atom is 2.00 e. The van der Waals surface area contributed by atoms with E-state index in [0.29, 0.717) is 21.5 Å². The van der Waals surface area contributed by atoms with Crippen LogP contribution in [0.15, 0.2) is 181 Å². The van der Waals surface area contributed by atoms with Gasteiger partial charge < -0.3 is 75.3 Å². The molecule has 0 spiro atoms. The zero-order valence-electron chi connectivity index (χ0n) is 34.0. The van der Waals surface area contributed by atoms with Gasteiger partial charge in [0.05, 0.1) is 9.79 Å². The van der Waals surface area contributed by atoms with Crippen LogP contribution in [0, 0.1) is 0 Å². The minimum atomic E-state index is -4.54. The Labute approximate surface area is 383 Å². The SMILES string of the molecule is Nc1ccc2ccccc2c1S(=O)(=O)[O-].Nc1ccc2ccccc2c1S(=O)(=O)[O-].O.O.O.O.O.O.[Co+2].[OH3+].[OH3+].[OH3+].[OH3+].c1cc(-c2ccncc2)ccn1.c1cc(-c2ccncc2)ccn1. The summed E-state index contributed by atoms with van der Waals surface area (Å²) in [6, 6.07) is 35.5. The van der Waals surface area contributed by atoms with E-state index in [4.69, 9.17) is 11.5 Å². The molecular formula is C40H56CoN6O16S2+4. The molecule has 359 valence electrons. The Morgan fingerprint density at radius 3 is 0.785 bits per heavy atom. The molecule has 0 bridgehead atoms. The Morgan fingerprint density at radius 2 is 0.569 bits per heavy atom. The summed E-state index contributed by atoms with van der Waals surface area (Å²) in [5.74, 6) is 0. The summed E-state index contributed by atoms with van der Waals surface area (Å²) in [7, 11) is -9.07. The quantitative estimate of drug-likeness (QED) is 0.113. The maximum atomic E-state index is 11.0. The molecule has 0 aliphatic rings. The van der Waals surface area contributed by atoms with E-state index in [1.54, 1.807) is 110 Å². The van der Waals surface area contributed by atoms with E-state index >= 15 is 0 Å². The largest absolute Gasteiger partial charge is 2.00 e. The van der Waals surface area contributed by atoms with Gasteiger partial charge in [0.2, 0.25) is 0 Å². The van der Waals surface area contributed by atoms with Crippen LogP contribution in [0.3, 0.4) is 0 Å². The Hall–Kier alpha value is -6.47. The van der Waals surface area contributed by atoms with Gasteiger partial charge in [-0.2, -0.15) is 0 Å². The summed E-state index contributed by atoms with van der Waals surface area (Å²) in [6.07, 6.45) is 14.3. The van der Waals surface area contributed by atoms with Crippen molar-refractivity contribution in [2.45, 2.75) is 9.79 Å². The van der Waals surface area contributed by atoms with Crippen LogP contribution in [0.25, 0.3) is 43.8 Å². The fraction of sp³-hybridized carbons (Fsp3) is 0. The van der Waals surface area contributed by atoms with Gasteiger partial charge in [-0.1, -0.05) is 60.7 Å². The molecule has 28 N–H and O–H groups in total. The first-order valence-corrected chi connectivity index (χ1v) is 18.8. The summed E-state index contributed by atoms with van der Waals surface area (Å²) < 4.78 is 66.2. The molecule has 4 heterocycles. The number of aromatic nitrogens is 4. The molecule has 8 aromatic rings. The molecule has 22 nitrogen and oxygen atoms in total. The molecule has 0 atom stereocenters. The van der Waals surface area contributed by atoms with E-state index < -0.39 is 20.2 Å². The molecule has 0 fully saturated rings. The van der Waals surface area contributed by atoms with E-state index in [0.717, 1.165) is 0 Å². The number of fused-ring (bicyclic) bond motifs is 2. The first-order valence-electron chi connectivity index (χ1n) is 16.0. The van der Waals surface area contributed by atoms with Crippen molar-refractivity contribution >= 4 is 53.2 Å². The first kappa shape index (κ1) is 73.0. The van der Waals surface area contributed by atoms with Crippen molar-refractivity contribution in [3.63, 3.8) is 0 Å². The fourth-order valence-corrected chi connectivity index (χ4v) is 6.88. The number of nitrogen functional groups attached to an aromatic ring is 2. The third-order valence-electron chi connectivity index (χ3n) is 7.71. The van der Waals surface area contributed by atoms with Gasteiger partial charge in [0, 0.05) is 71.7 Å². The number of benzene rings is 4. The zero-order chi connectivity index (χ0) is 38.6. The third-order valence-corrected chi connectivity index (χ3v) is 9.62. The predicted octanol–water partition coefficient (Wildman–Crippen LogP) is -1.70. The van der Waals surface area contributed by atoms with E-state index in [1.165, 1.54) is 34.4 Å². The summed E-state index contributed by atoms with van der Waals surface area (Å²) in [4.78, 5) is 15.2. The van der Waals surface area contributed by atoms with Crippen molar-refractivity contribution in [3.8, 4) is 22.3 Å². The minimum Gasteiger partial charge on any atom is -0.744 e. The molecule has 0 aliphatic heterocycles. The summed E-state index contributed by atoms with van der Waals surface area (Å²) in [5.41, 5.74) is 15.7. The Morgan fingerprint density at radius 1 is 0.354 bits per heavy atom. The van der Waals surface area contributed by atoms with Crippen molar-refractivity contribution < 1.29 is 97.5 Å². The van der Waals surface area contributed by atoms with Crippen LogP contribution in [0.2, 0.25) is 0 Å². The van der Waals surface area contributed by atoms with Gasteiger partial charge in [0.25, 0.3) is 0 Å². The van der Waals surface area contributed by atoms with E-state index in [9.17, 15) is 25.9 Å². The number of rotatable bonds is 4. The van der Waals surface area contributed by atoms with Crippen LogP contribution in [0.1, 0.15) is 0 Å². The van der Waals surface area contributed by atoms with Gasteiger partial charge in [0.15, 0.2) is 0 Å². The Bertz CT molecular complexity index is 2440. The molecule has 65 heavy (non-hydrogen) atoms. The fourth-order valence-electron chi connectivity index (χ4n) is 5.26. The molecule has 25 heteroatoms. The average molecular weight is 1000 g/mol. The number of hydrogen-bond acceptors (Lipinski definition) is 12. The van der Waals surface area contributed by atoms with Gasteiger partial charge in [-0.15, -0.1) is 0 Å². The van der Waals surface area contributed by atoms with Crippen LogP contribution in [0.5, 0.6) is 0 Å². The molecule has 0 unspecified atom stereocenters. The van der Waals surface area contributed by atoms with Gasteiger partial charge in [-0.25, -0.2) is 16.8 Å². The normalized spacial score (nSPS) is 9.02. The predicted molar refractivity (Wildman–Crippen MR) is 249 cm³/mol. The van der Waals surface area contributed by atoms with Crippen molar-refractivity contribution in [1.29, 1.82) is 0 Å². The van der Waals surface area contributed by atoms with E-state index in [1.807, 2.05) is 48.5 Å². The van der Waals surface area contributed by atoms with Crippen molar-refractivity contribution in [2.75, 3.05) is 11.5 Å². The molecule has 0 saturated carbocycles. The maximum absolute atomic E-state index is 11.0. The van der Waals surface area contributed by atoms with Gasteiger partial charge in [-0.3, -0.25) is 19.9 Å². The second-order valence-corrected chi connectivity index (χ2v) is 13.9. The van der Waals surface area contributed by atoms with Gasteiger partial charge in [0.1, 0.15) is 20.2 Å². The summed E-state index contributed by atoms with van der Waals surface area (Å²) in [6.45, 7) is 0. The molecule has 4 aromatic carbocycles. The van der Waals surface area contributed by atoms with Crippen LogP contribution in [0.4, 0.5) is 11.4 Å². The van der Waals surface area contributed by atoms with Crippen LogP contribution in [-0.4, -0.2) is 78.7 Å². The second-order valence-electron chi connectivity index (χ2n) is 11.3. The van der Waals surface area contributed by atoms with E-state index in [-0.39, 0.29) is 92.7 Å². The molecule has 0 aliphatic carbocycles. The topological polar surface area (TPSA) is 539 Å². The number of pyridine rings is 4. The molecule has 4 aromatic heterocycles. The molecule has 0 amide bonds. The monoisotopic (exact) mass is 999 g/mol. The van der Waals surface area contributed by atoms with Crippen molar-refractivity contribution in [2.24, 2.45) is 0 Å². The second kappa shape index (κ2) is 34.0. The Balaban J connectivity index is -0.000000131. The van der Waals surface area contributed by atoms with Crippen LogP contribution in [-0.2, 0) is 58.9 Å². The summed E-state index contributed by atoms with van der Waals surface area (Å²) in [5, 5.41) is 2.10. The number of nitrogens with zero attached hydrogens (tertiary/aromatic N) is 4. The number of nitrogens with two attached hydrogens (primary N) is 2. The number of hydrogen-bond donors (Lipinski definition) is 2. The van der Waals surface area contributed by atoms with Gasteiger partial charge in [-0.05, 0) is 93.7 Å². The smallest absolute Gasteiger partial charge is 0.744 e. The van der Waals surface area contributed by atoms with Crippen LogP contribution < -0.4 is 11.5 Å². The van der Waals surface area contributed by atoms with E-state index in [2.05, 4.69) is 19.9 Å². The molecule has 1 radical (unpaired) electrons. The van der Waals surface area contributed by atoms with Crippen molar-refractivity contribution in [3.05, 3.63) is 171 Å². The molecule has 0 saturated heterocycles. The Kier molecular flexibility index (Phi) is 38.2. The third kappa shape index (κ3) is 20.3. The summed E-state index contributed by atoms with van der Waals surface area (Å²) >= 11 is 0. The molecule has 8 rings (SSSR count).